The molecule has 2 aromatic rings. The molecular formula is C13H16N4OS. The second-order valence-electron chi connectivity index (χ2n) is 4.24. The first-order chi connectivity index (χ1) is 9.10. The van der Waals surface area contributed by atoms with Gasteiger partial charge in [0.1, 0.15) is 0 Å². The van der Waals surface area contributed by atoms with E-state index in [9.17, 15) is 4.79 Å². The zero-order valence-corrected chi connectivity index (χ0v) is 11.7. The number of nitrogen functional groups attached to an aromatic ring is 1. The Kier molecular flexibility index (Phi) is 4.13. The van der Waals surface area contributed by atoms with Crippen molar-refractivity contribution in [1.82, 2.24) is 9.88 Å². The topological polar surface area (TPSA) is 71.2 Å². The van der Waals surface area contributed by atoms with Crippen LogP contribution in [0.3, 0.4) is 0 Å². The van der Waals surface area contributed by atoms with E-state index in [2.05, 4.69) is 10.4 Å². The van der Waals surface area contributed by atoms with Gasteiger partial charge in [-0.3, -0.25) is 10.6 Å². The normalized spacial score (nSPS) is 10.3. The van der Waals surface area contributed by atoms with Gasteiger partial charge >= 0.3 is 0 Å². The molecule has 0 saturated carbocycles. The Bertz CT molecular complexity index is 564. The summed E-state index contributed by atoms with van der Waals surface area (Å²) in [5.74, 6) is 5.25. The molecule has 0 unspecified atom stereocenters. The number of nitrogens with one attached hydrogen (secondary N) is 1. The fourth-order valence-corrected chi connectivity index (χ4v) is 2.33. The molecule has 0 aliphatic rings. The number of carbonyl (C=O) groups is 1. The van der Waals surface area contributed by atoms with Crippen molar-refractivity contribution in [2.24, 2.45) is 5.84 Å². The molecule has 3 N–H and O–H groups in total. The van der Waals surface area contributed by atoms with Gasteiger partial charge in [-0.05, 0) is 31.2 Å². The molecule has 0 aliphatic heterocycles. The van der Waals surface area contributed by atoms with Crippen LogP contribution in [0.15, 0.2) is 29.6 Å². The van der Waals surface area contributed by atoms with Crippen molar-refractivity contribution in [3.8, 4) is 0 Å². The highest BCUT2D eigenvalue weighted by atomic mass is 32.1. The molecule has 19 heavy (non-hydrogen) atoms. The first-order valence-electron chi connectivity index (χ1n) is 5.83. The maximum atomic E-state index is 12.2. The number of carbonyl (C=O) groups excluding carboxylic acids is 1. The monoisotopic (exact) mass is 276 g/mol. The van der Waals surface area contributed by atoms with Gasteiger partial charge in [0.15, 0.2) is 0 Å². The molecule has 5 nitrogen and oxygen atoms in total. The van der Waals surface area contributed by atoms with Crippen LogP contribution in [0.2, 0.25) is 0 Å². The summed E-state index contributed by atoms with van der Waals surface area (Å²) in [6.07, 6.45) is 0. The van der Waals surface area contributed by atoms with Gasteiger partial charge in [0, 0.05) is 23.7 Å². The van der Waals surface area contributed by atoms with Gasteiger partial charge in [0.25, 0.3) is 5.91 Å². The Hall–Kier alpha value is -1.92. The van der Waals surface area contributed by atoms with Crippen LogP contribution in [0.4, 0.5) is 5.69 Å². The third kappa shape index (κ3) is 3.30. The Morgan fingerprint density at radius 3 is 2.63 bits per heavy atom. The number of rotatable bonds is 4. The predicted molar refractivity (Wildman–Crippen MR) is 76.9 cm³/mol. The van der Waals surface area contributed by atoms with Crippen molar-refractivity contribution in [3.63, 3.8) is 0 Å². The molecule has 6 heteroatoms. The minimum Gasteiger partial charge on any atom is -0.336 e. The molecule has 1 heterocycles. The highest BCUT2D eigenvalue weighted by Crippen LogP contribution is 2.13. The highest BCUT2D eigenvalue weighted by Gasteiger charge is 2.13. The highest BCUT2D eigenvalue weighted by molar-refractivity contribution is 7.09. The fourth-order valence-electron chi connectivity index (χ4n) is 1.73. The molecule has 1 aromatic carbocycles. The summed E-state index contributed by atoms with van der Waals surface area (Å²) in [6, 6.07) is 7.04. The Morgan fingerprint density at radius 1 is 1.42 bits per heavy atom. The van der Waals surface area contributed by atoms with E-state index in [1.807, 2.05) is 12.3 Å². The number of nitrogens with two attached hydrogens (primary N) is 1. The molecule has 100 valence electrons. The number of aryl methyl sites for hydroxylation is 1. The van der Waals surface area contributed by atoms with Crippen LogP contribution < -0.4 is 11.3 Å². The number of hydrazine groups is 1. The van der Waals surface area contributed by atoms with Crippen LogP contribution in [-0.2, 0) is 6.54 Å². The summed E-state index contributed by atoms with van der Waals surface area (Å²) >= 11 is 1.59. The summed E-state index contributed by atoms with van der Waals surface area (Å²) < 4.78 is 0. The van der Waals surface area contributed by atoms with Crippen molar-refractivity contribution in [2.45, 2.75) is 13.5 Å². The lowest BCUT2D eigenvalue weighted by Gasteiger charge is -2.16. The molecule has 0 atom stereocenters. The Labute approximate surface area is 116 Å². The molecule has 0 fully saturated rings. The van der Waals surface area contributed by atoms with E-state index in [-0.39, 0.29) is 5.91 Å². The van der Waals surface area contributed by atoms with Crippen LogP contribution in [0.25, 0.3) is 0 Å². The molecular weight excluding hydrogens is 260 g/mol. The second-order valence-corrected chi connectivity index (χ2v) is 5.30. The largest absolute Gasteiger partial charge is 0.336 e. The van der Waals surface area contributed by atoms with Crippen LogP contribution in [0.5, 0.6) is 0 Å². The lowest BCUT2D eigenvalue weighted by atomic mass is 10.2. The van der Waals surface area contributed by atoms with E-state index in [4.69, 9.17) is 5.84 Å². The quantitative estimate of drug-likeness (QED) is 0.662. The van der Waals surface area contributed by atoms with Gasteiger partial charge in [-0.25, -0.2) is 4.98 Å². The maximum Gasteiger partial charge on any atom is 0.253 e. The third-order valence-electron chi connectivity index (χ3n) is 2.71. The molecule has 0 saturated heterocycles. The van der Waals surface area contributed by atoms with Crippen molar-refractivity contribution in [1.29, 1.82) is 0 Å². The van der Waals surface area contributed by atoms with Gasteiger partial charge in [0.05, 0.1) is 17.2 Å². The number of aromatic nitrogens is 1. The lowest BCUT2D eigenvalue weighted by molar-refractivity contribution is 0.0783. The van der Waals surface area contributed by atoms with Crippen molar-refractivity contribution in [3.05, 3.63) is 45.9 Å². The Balaban J connectivity index is 2.05. The number of nitrogens with zero attached hydrogens (tertiary/aromatic N) is 2. The number of amides is 1. The minimum atomic E-state index is -0.0331. The number of benzene rings is 1. The smallest absolute Gasteiger partial charge is 0.253 e. The van der Waals surface area contributed by atoms with Crippen molar-refractivity contribution in [2.75, 3.05) is 12.5 Å². The van der Waals surface area contributed by atoms with E-state index < -0.39 is 0 Å². The standard InChI is InChI=1S/C13H16N4OS/c1-9-15-12(8-19-9)7-17(2)13(18)10-3-5-11(16-14)6-4-10/h3-6,8,16H,7,14H2,1-2H3. The lowest BCUT2D eigenvalue weighted by Crippen LogP contribution is -2.26. The van der Waals surface area contributed by atoms with Gasteiger partial charge < -0.3 is 10.3 Å². The minimum absolute atomic E-state index is 0.0331. The van der Waals surface area contributed by atoms with E-state index in [0.717, 1.165) is 16.4 Å². The second kappa shape index (κ2) is 5.81. The third-order valence-corrected chi connectivity index (χ3v) is 3.53. The zero-order valence-electron chi connectivity index (χ0n) is 10.9. The average molecular weight is 276 g/mol. The van der Waals surface area contributed by atoms with Gasteiger partial charge in [-0.15, -0.1) is 11.3 Å². The molecule has 0 radical (unpaired) electrons. The van der Waals surface area contributed by atoms with Crippen molar-refractivity contribution >= 4 is 22.9 Å². The Morgan fingerprint density at radius 2 is 2.11 bits per heavy atom. The van der Waals surface area contributed by atoms with Gasteiger partial charge in [-0.1, -0.05) is 0 Å². The van der Waals surface area contributed by atoms with E-state index in [0.29, 0.717) is 12.1 Å². The van der Waals surface area contributed by atoms with Gasteiger partial charge in [-0.2, -0.15) is 0 Å². The predicted octanol–water partition coefficient (Wildman–Crippen LogP) is 2.01. The molecule has 0 spiro atoms. The molecule has 2 rings (SSSR count). The number of anilines is 1. The van der Waals surface area contributed by atoms with Crippen LogP contribution >= 0.6 is 11.3 Å². The van der Waals surface area contributed by atoms with Crippen LogP contribution in [0.1, 0.15) is 21.1 Å². The first kappa shape index (κ1) is 13.5. The summed E-state index contributed by atoms with van der Waals surface area (Å²) in [5, 5.41) is 2.98. The molecule has 1 aromatic heterocycles. The van der Waals surface area contributed by atoms with Crippen molar-refractivity contribution < 1.29 is 4.79 Å². The number of hydrogen-bond donors (Lipinski definition) is 2. The van der Waals surface area contributed by atoms with Crippen LogP contribution in [-0.4, -0.2) is 22.8 Å². The van der Waals surface area contributed by atoms with E-state index >= 15 is 0 Å². The van der Waals surface area contributed by atoms with E-state index in [1.54, 1.807) is 47.5 Å². The summed E-state index contributed by atoms with van der Waals surface area (Å²) in [5.41, 5.74) is 4.85. The molecule has 1 amide bonds. The summed E-state index contributed by atoms with van der Waals surface area (Å²) in [6.45, 7) is 2.47. The average Bonchev–Trinajstić information content (AvgIpc) is 2.83. The van der Waals surface area contributed by atoms with E-state index in [1.165, 1.54) is 0 Å². The fraction of sp³-hybridized carbons (Fsp3) is 0.231. The first-order valence-corrected chi connectivity index (χ1v) is 6.71. The van der Waals surface area contributed by atoms with Gasteiger partial charge in [0.2, 0.25) is 0 Å². The molecule has 0 bridgehead atoms. The zero-order chi connectivity index (χ0) is 13.8. The molecule has 0 aliphatic carbocycles. The SMILES string of the molecule is Cc1nc(CN(C)C(=O)c2ccc(NN)cc2)cs1. The maximum absolute atomic E-state index is 12.2. The summed E-state index contributed by atoms with van der Waals surface area (Å²) in [4.78, 5) is 18.2. The summed E-state index contributed by atoms with van der Waals surface area (Å²) in [7, 11) is 1.77. The van der Waals surface area contributed by atoms with Crippen LogP contribution in [0, 0.1) is 6.92 Å². The number of thiazole rings is 1. The number of hydrogen-bond acceptors (Lipinski definition) is 5.